The van der Waals surface area contributed by atoms with Gasteiger partial charge in [0, 0.05) is 24.3 Å². The Bertz CT molecular complexity index is 798. The van der Waals surface area contributed by atoms with E-state index in [-0.39, 0.29) is 5.91 Å². The van der Waals surface area contributed by atoms with Crippen LogP contribution in [0.25, 0.3) is 0 Å². The molecule has 0 saturated carbocycles. The normalized spacial score (nSPS) is 10.6. The highest BCUT2D eigenvalue weighted by molar-refractivity contribution is 6.04. The highest BCUT2D eigenvalue weighted by atomic mass is 16.1. The van der Waals surface area contributed by atoms with Crippen molar-refractivity contribution in [2.24, 2.45) is 0 Å². The van der Waals surface area contributed by atoms with Crippen molar-refractivity contribution in [2.75, 3.05) is 12.4 Å². The molecule has 3 aromatic carbocycles. The smallest absolute Gasteiger partial charge is 0.255 e. The number of anilines is 1. The molecule has 1 N–H and O–H groups in total. The van der Waals surface area contributed by atoms with E-state index in [1.54, 1.807) is 0 Å². The topological polar surface area (TPSA) is 32.3 Å². The van der Waals surface area contributed by atoms with Gasteiger partial charge in [0.15, 0.2) is 0 Å². The van der Waals surface area contributed by atoms with Crippen molar-refractivity contribution in [3.05, 3.63) is 102 Å². The van der Waals surface area contributed by atoms with Gasteiger partial charge in [-0.05, 0) is 42.4 Å². The molecule has 25 heavy (non-hydrogen) atoms. The van der Waals surface area contributed by atoms with Gasteiger partial charge in [0.05, 0.1) is 0 Å². The van der Waals surface area contributed by atoms with Crippen LogP contribution >= 0.6 is 0 Å². The Kier molecular flexibility index (Phi) is 5.60. The number of rotatable bonds is 6. The quantitative estimate of drug-likeness (QED) is 0.718. The van der Waals surface area contributed by atoms with E-state index in [2.05, 4.69) is 53.7 Å². The summed E-state index contributed by atoms with van der Waals surface area (Å²) in [7, 11) is 2.11. The molecule has 0 aliphatic rings. The van der Waals surface area contributed by atoms with Crippen LogP contribution in [-0.2, 0) is 13.1 Å². The lowest BCUT2D eigenvalue weighted by molar-refractivity contribution is 0.102. The minimum absolute atomic E-state index is 0.0884. The summed E-state index contributed by atoms with van der Waals surface area (Å²) >= 11 is 0. The number of carbonyl (C=O) groups is 1. The molecule has 0 bridgehead atoms. The summed E-state index contributed by atoms with van der Waals surface area (Å²) in [6, 6.07) is 27.7. The second kappa shape index (κ2) is 8.27. The zero-order chi connectivity index (χ0) is 17.5. The predicted molar refractivity (Wildman–Crippen MR) is 102 cm³/mol. The van der Waals surface area contributed by atoms with Crippen LogP contribution in [0.4, 0.5) is 5.69 Å². The van der Waals surface area contributed by atoms with E-state index in [1.165, 1.54) is 11.1 Å². The van der Waals surface area contributed by atoms with E-state index >= 15 is 0 Å². The lowest BCUT2D eigenvalue weighted by atomic mass is 10.1. The Morgan fingerprint density at radius 1 is 0.760 bits per heavy atom. The average molecular weight is 330 g/mol. The molecule has 0 aliphatic carbocycles. The summed E-state index contributed by atoms with van der Waals surface area (Å²) in [6.45, 7) is 1.77. The molecule has 0 radical (unpaired) electrons. The van der Waals surface area contributed by atoms with E-state index in [1.807, 2.05) is 48.5 Å². The van der Waals surface area contributed by atoms with Crippen molar-refractivity contribution in [3.8, 4) is 0 Å². The van der Waals surface area contributed by atoms with Gasteiger partial charge in [0.25, 0.3) is 5.91 Å². The molecule has 0 aromatic heterocycles. The van der Waals surface area contributed by atoms with Gasteiger partial charge in [0.2, 0.25) is 0 Å². The van der Waals surface area contributed by atoms with Gasteiger partial charge in [-0.2, -0.15) is 0 Å². The molecule has 0 saturated heterocycles. The molecule has 3 nitrogen and oxygen atoms in total. The van der Waals surface area contributed by atoms with Gasteiger partial charge in [0.1, 0.15) is 0 Å². The maximum absolute atomic E-state index is 12.2. The largest absolute Gasteiger partial charge is 0.322 e. The predicted octanol–water partition coefficient (Wildman–Crippen LogP) is 4.57. The fourth-order valence-electron chi connectivity index (χ4n) is 2.75. The molecule has 0 unspecified atom stereocenters. The number of hydrogen-bond acceptors (Lipinski definition) is 2. The van der Waals surface area contributed by atoms with Gasteiger partial charge in [-0.3, -0.25) is 9.69 Å². The van der Waals surface area contributed by atoms with Crippen LogP contribution in [0.15, 0.2) is 84.9 Å². The van der Waals surface area contributed by atoms with E-state index in [0.29, 0.717) is 5.56 Å². The van der Waals surface area contributed by atoms with Crippen molar-refractivity contribution >= 4 is 11.6 Å². The summed E-state index contributed by atoms with van der Waals surface area (Å²) < 4.78 is 0. The molecule has 1 amide bonds. The lowest BCUT2D eigenvalue weighted by Gasteiger charge is -2.17. The highest BCUT2D eigenvalue weighted by Gasteiger charge is 2.06. The summed E-state index contributed by atoms with van der Waals surface area (Å²) in [5.41, 5.74) is 3.99. The van der Waals surface area contributed by atoms with Crippen molar-refractivity contribution in [2.45, 2.75) is 13.1 Å². The van der Waals surface area contributed by atoms with Crippen LogP contribution in [0, 0.1) is 0 Å². The van der Waals surface area contributed by atoms with Gasteiger partial charge in [-0.15, -0.1) is 0 Å². The number of amides is 1. The third-order valence-corrected chi connectivity index (χ3v) is 4.00. The third kappa shape index (κ3) is 5.03. The Balaban J connectivity index is 1.56. The number of benzene rings is 3. The minimum atomic E-state index is -0.0884. The van der Waals surface area contributed by atoms with Crippen molar-refractivity contribution in [3.63, 3.8) is 0 Å². The zero-order valence-electron chi connectivity index (χ0n) is 14.4. The molecule has 0 heterocycles. The highest BCUT2D eigenvalue weighted by Crippen LogP contribution is 2.14. The first-order valence-corrected chi connectivity index (χ1v) is 8.38. The Labute approximate surface area is 148 Å². The van der Waals surface area contributed by atoms with E-state index < -0.39 is 0 Å². The standard InChI is InChI=1S/C22H22N2O/c1-24(16-18-8-4-2-5-9-18)17-19-12-14-21(15-13-19)23-22(25)20-10-6-3-7-11-20/h2-15H,16-17H2,1H3,(H,23,25). The van der Waals surface area contributed by atoms with Crippen LogP contribution in [0.2, 0.25) is 0 Å². The first-order valence-electron chi connectivity index (χ1n) is 8.38. The molecule has 0 spiro atoms. The lowest BCUT2D eigenvalue weighted by Crippen LogP contribution is -2.17. The van der Waals surface area contributed by atoms with Gasteiger partial charge < -0.3 is 5.32 Å². The Morgan fingerprint density at radius 3 is 1.88 bits per heavy atom. The molecular formula is C22H22N2O. The second-order valence-corrected chi connectivity index (χ2v) is 6.17. The van der Waals surface area contributed by atoms with Crippen molar-refractivity contribution in [1.29, 1.82) is 0 Å². The molecular weight excluding hydrogens is 308 g/mol. The zero-order valence-corrected chi connectivity index (χ0v) is 14.4. The SMILES string of the molecule is CN(Cc1ccccc1)Cc1ccc(NC(=O)c2ccccc2)cc1. The summed E-state index contributed by atoms with van der Waals surface area (Å²) in [5, 5.41) is 2.93. The van der Waals surface area contributed by atoms with Crippen LogP contribution in [0.1, 0.15) is 21.5 Å². The number of nitrogens with zero attached hydrogens (tertiary/aromatic N) is 1. The monoisotopic (exact) mass is 330 g/mol. The third-order valence-electron chi connectivity index (χ3n) is 4.00. The second-order valence-electron chi connectivity index (χ2n) is 6.17. The minimum Gasteiger partial charge on any atom is -0.322 e. The summed E-state index contributed by atoms with van der Waals surface area (Å²) in [4.78, 5) is 14.4. The maximum Gasteiger partial charge on any atom is 0.255 e. The number of carbonyl (C=O) groups excluding carboxylic acids is 1. The van der Waals surface area contributed by atoms with Gasteiger partial charge in [-0.25, -0.2) is 0 Å². The van der Waals surface area contributed by atoms with E-state index in [0.717, 1.165) is 18.8 Å². The molecule has 126 valence electrons. The number of nitrogens with one attached hydrogen (secondary N) is 1. The molecule has 3 heteroatoms. The van der Waals surface area contributed by atoms with Gasteiger partial charge >= 0.3 is 0 Å². The maximum atomic E-state index is 12.2. The van der Waals surface area contributed by atoms with Crippen LogP contribution in [0.3, 0.4) is 0 Å². The van der Waals surface area contributed by atoms with Crippen molar-refractivity contribution < 1.29 is 4.79 Å². The van der Waals surface area contributed by atoms with Crippen LogP contribution in [-0.4, -0.2) is 17.9 Å². The molecule has 0 aliphatic heterocycles. The van der Waals surface area contributed by atoms with Crippen molar-refractivity contribution in [1.82, 2.24) is 4.90 Å². The van der Waals surface area contributed by atoms with Gasteiger partial charge in [-0.1, -0.05) is 60.7 Å². The first-order chi connectivity index (χ1) is 12.2. The first kappa shape index (κ1) is 16.9. The summed E-state index contributed by atoms with van der Waals surface area (Å²) in [6.07, 6.45) is 0. The fraction of sp³-hybridized carbons (Fsp3) is 0.136. The van der Waals surface area contributed by atoms with E-state index in [4.69, 9.17) is 0 Å². The fourth-order valence-corrected chi connectivity index (χ4v) is 2.75. The van der Waals surface area contributed by atoms with Crippen LogP contribution < -0.4 is 5.32 Å². The Hall–Kier alpha value is -2.91. The average Bonchev–Trinajstić information content (AvgIpc) is 2.65. The van der Waals surface area contributed by atoms with Crippen LogP contribution in [0.5, 0.6) is 0 Å². The molecule has 3 aromatic rings. The molecule has 0 atom stereocenters. The number of hydrogen-bond donors (Lipinski definition) is 1. The Morgan fingerprint density at radius 2 is 1.28 bits per heavy atom. The van der Waals surface area contributed by atoms with E-state index in [9.17, 15) is 4.79 Å². The molecule has 0 fully saturated rings. The summed E-state index contributed by atoms with van der Waals surface area (Å²) in [5.74, 6) is -0.0884. The molecule has 3 rings (SSSR count).